The van der Waals surface area contributed by atoms with Gasteiger partial charge in [0.25, 0.3) is 0 Å². The second-order valence-electron chi connectivity index (χ2n) is 4.92. The third kappa shape index (κ3) is 4.17. The summed E-state index contributed by atoms with van der Waals surface area (Å²) in [7, 11) is 0. The van der Waals surface area contributed by atoms with E-state index in [0.717, 1.165) is 24.8 Å². The second-order valence-corrected chi connectivity index (χ2v) is 4.92. The maximum Gasteiger partial charge on any atom is 0.138 e. The van der Waals surface area contributed by atoms with E-state index in [0.29, 0.717) is 12.8 Å². The van der Waals surface area contributed by atoms with E-state index in [1.165, 1.54) is 19.3 Å². The van der Waals surface area contributed by atoms with E-state index >= 15 is 0 Å². The number of nitrogens with two attached hydrogens (primary N) is 1. The van der Waals surface area contributed by atoms with Gasteiger partial charge in [-0.3, -0.25) is 4.79 Å². The molecule has 1 aliphatic carbocycles. The fourth-order valence-corrected chi connectivity index (χ4v) is 2.29. The normalized spacial score (nSPS) is 19.9. The van der Waals surface area contributed by atoms with Crippen molar-refractivity contribution in [1.29, 1.82) is 0 Å². The molecule has 0 unspecified atom stereocenters. The van der Waals surface area contributed by atoms with Crippen LogP contribution in [0.3, 0.4) is 0 Å². The molecule has 0 amide bonds. The van der Waals surface area contributed by atoms with Crippen LogP contribution in [-0.2, 0) is 4.79 Å². The van der Waals surface area contributed by atoms with Gasteiger partial charge in [-0.2, -0.15) is 0 Å². The fraction of sp³-hybridized carbons (Fsp3) is 0.769. The van der Waals surface area contributed by atoms with E-state index in [2.05, 4.69) is 6.58 Å². The van der Waals surface area contributed by atoms with E-state index in [1.807, 2.05) is 6.92 Å². The van der Waals surface area contributed by atoms with Gasteiger partial charge in [0.05, 0.1) is 0 Å². The fourth-order valence-electron chi connectivity index (χ4n) is 2.29. The first kappa shape index (κ1) is 12.4. The lowest BCUT2D eigenvalue weighted by atomic mass is 9.78. The summed E-state index contributed by atoms with van der Waals surface area (Å²) < 4.78 is 0. The van der Waals surface area contributed by atoms with Gasteiger partial charge < -0.3 is 5.73 Å². The van der Waals surface area contributed by atoms with Crippen LogP contribution in [0.2, 0.25) is 0 Å². The van der Waals surface area contributed by atoms with Gasteiger partial charge >= 0.3 is 0 Å². The monoisotopic (exact) mass is 209 g/mol. The third-order valence-electron chi connectivity index (χ3n) is 3.35. The van der Waals surface area contributed by atoms with Gasteiger partial charge in [-0.15, -0.1) is 0 Å². The summed E-state index contributed by atoms with van der Waals surface area (Å²) >= 11 is 0. The lowest BCUT2D eigenvalue weighted by molar-refractivity contribution is -0.119. The highest BCUT2D eigenvalue weighted by molar-refractivity contribution is 5.81. The zero-order valence-corrected chi connectivity index (χ0v) is 9.85. The SMILES string of the molecule is C=C(CC)CC(=O)CC1(N)CCCCC1. The quantitative estimate of drug-likeness (QED) is 0.707. The highest BCUT2D eigenvalue weighted by atomic mass is 16.1. The first-order chi connectivity index (χ1) is 7.06. The molecule has 0 spiro atoms. The van der Waals surface area contributed by atoms with Crippen LogP contribution in [0.5, 0.6) is 0 Å². The molecular formula is C13H23NO. The van der Waals surface area contributed by atoms with Crippen LogP contribution >= 0.6 is 0 Å². The Kier molecular flexibility index (Phi) is 4.52. The molecule has 0 aromatic heterocycles. The largest absolute Gasteiger partial charge is 0.325 e. The summed E-state index contributed by atoms with van der Waals surface area (Å²) in [6.07, 6.45) is 7.62. The molecule has 0 aromatic rings. The molecule has 2 N–H and O–H groups in total. The van der Waals surface area contributed by atoms with E-state index in [-0.39, 0.29) is 11.3 Å². The van der Waals surface area contributed by atoms with Gasteiger partial charge in [-0.05, 0) is 19.3 Å². The minimum atomic E-state index is -0.205. The van der Waals surface area contributed by atoms with Gasteiger partial charge in [0.1, 0.15) is 5.78 Å². The maximum absolute atomic E-state index is 11.7. The predicted octanol–water partition coefficient (Wildman–Crippen LogP) is 2.96. The molecule has 0 bridgehead atoms. The Morgan fingerprint density at radius 3 is 2.47 bits per heavy atom. The van der Waals surface area contributed by atoms with E-state index < -0.39 is 0 Å². The lowest BCUT2D eigenvalue weighted by Crippen LogP contribution is -2.43. The van der Waals surface area contributed by atoms with E-state index in [9.17, 15) is 4.79 Å². The molecule has 0 saturated heterocycles. The molecule has 2 nitrogen and oxygen atoms in total. The minimum absolute atomic E-state index is 0.205. The Morgan fingerprint density at radius 1 is 1.33 bits per heavy atom. The van der Waals surface area contributed by atoms with Crippen molar-refractivity contribution in [2.24, 2.45) is 5.73 Å². The molecule has 0 radical (unpaired) electrons. The van der Waals surface area contributed by atoms with Crippen LogP contribution in [-0.4, -0.2) is 11.3 Å². The van der Waals surface area contributed by atoms with Crippen molar-refractivity contribution in [3.63, 3.8) is 0 Å². The van der Waals surface area contributed by atoms with Crippen molar-refractivity contribution in [3.8, 4) is 0 Å². The number of hydrogen-bond donors (Lipinski definition) is 1. The van der Waals surface area contributed by atoms with Crippen molar-refractivity contribution in [3.05, 3.63) is 12.2 Å². The zero-order chi connectivity index (χ0) is 11.3. The van der Waals surface area contributed by atoms with Gasteiger partial charge in [-0.1, -0.05) is 38.3 Å². The summed E-state index contributed by atoms with van der Waals surface area (Å²) in [6.45, 7) is 5.90. The van der Waals surface area contributed by atoms with Crippen LogP contribution in [0.1, 0.15) is 58.3 Å². The summed E-state index contributed by atoms with van der Waals surface area (Å²) in [5, 5.41) is 0. The third-order valence-corrected chi connectivity index (χ3v) is 3.35. The van der Waals surface area contributed by atoms with Gasteiger partial charge in [0.2, 0.25) is 0 Å². The first-order valence-corrected chi connectivity index (χ1v) is 6.03. The Hall–Kier alpha value is -0.630. The number of allylic oxidation sites excluding steroid dienone is 1. The average Bonchev–Trinajstić information content (AvgIpc) is 2.17. The number of hydrogen-bond acceptors (Lipinski definition) is 2. The molecule has 1 saturated carbocycles. The van der Waals surface area contributed by atoms with Gasteiger partial charge in [0.15, 0.2) is 0 Å². The Labute approximate surface area is 92.9 Å². The van der Waals surface area contributed by atoms with Crippen LogP contribution in [0.15, 0.2) is 12.2 Å². The Morgan fingerprint density at radius 2 is 1.93 bits per heavy atom. The van der Waals surface area contributed by atoms with Crippen LogP contribution in [0.4, 0.5) is 0 Å². The number of ketones is 1. The molecule has 0 aromatic carbocycles. The molecule has 1 fully saturated rings. The number of carbonyl (C=O) groups is 1. The second kappa shape index (κ2) is 5.45. The number of carbonyl (C=O) groups excluding carboxylic acids is 1. The van der Waals surface area contributed by atoms with E-state index in [1.54, 1.807) is 0 Å². The van der Waals surface area contributed by atoms with Crippen LogP contribution in [0, 0.1) is 0 Å². The van der Waals surface area contributed by atoms with Crippen LogP contribution < -0.4 is 5.73 Å². The summed E-state index contributed by atoms with van der Waals surface area (Å²) in [4.78, 5) is 11.7. The Balaban J connectivity index is 2.38. The van der Waals surface area contributed by atoms with Crippen LogP contribution in [0.25, 0.3) is 0 Å². The van der Waals surface area contributed by atoms with E-state index in [4.69, 9.17) is 5.73 Å². The van der Waals surface area contributed by atoms with Crippen molar-refractivity contribution in [1.82, 2.24) is 0 Å². The highest BCUT2D eigenvalue weighted by Crippen LogP contribution is 2.29. The topological polar surface area (TPSA) is 43.1 Å². The summed E-state index contributed by atoms with van der Waals surface area (Å²) in [5.41, 5.74) is 7.05. The number of rotatable bonds is 5. The smallest absolute Gasteiger partial charge is 0.138 e. The molecule has 2 heteroatoms. The molecule has 0 atom stereocenters. The Bertz CT molecular complexity index is 239. The molecule has 15 heavy (non-hydrogen) atoms. The average molecular weight is 209 g/mol. The summed E-state index contributed by atoms with van der Waals surface area (Å²) in [5.74, 6) is 0.270. The molecule has 1 rings (SSSR count). The molecule has 0 aliphatic heterocycles. The predicted molar refractivity (Wildman–Crippen MR) is 63.7 cm³/mol. The minimum Gasteiger partial charge on any atom is -0.325 e. The molecule has 0 heterocycles. The van der Waals surface area contributed by atoms with Gasteiger partial charge in [-0.25, -0.2) is 0 Å². The van der Waals surface area contributed by atoms with Crippen molar-refractivity contribution >= 4 is 5.78 Å². The molecule has 86 valence electrons. The van der Waals surface area contributed by atoms with Gasteiger partial charge in [0, 0.05) is 18.4 Å². The van der Waals surface area contributed by atoms with Crippen molar-refractivity contribution < 1.29 is 4.79 Å². The lowest BCUT2D eigenvalue weighted by Gasteiger charge is -2.32. The highest BCUT2D eigenvalue weighted by Gasteiger charge is 2.29. The number of Topliss-reactive ketones (excluding diaryl/α,β-unsaturated/α-hetero) is 1. The standard InChI is InChI=1S/C13H23NO/c1-3-11(2)9-12(15)10-13(14)7-5-4-6-8-13/h2-10,14H2,1H3. The zero-order valence-electron chi connectivity index (χ0n) is 9.85. The first-order valence-electron chi connectivity index (χ1n) is 6.03. The summed E-state index contributed by atoms with van der Waals surface area (Å²) in [6, 6.07) is 0. The maximum atomic E-state index is 11.7. The molecular weight excluding hydrogens is 186 g/mol. The van der Waals surface area contributed by atoms with Crippen molar-refractivity contribution in [2.75, 3.05) is 0 Å². The molecule has 1 aliphatic rings. The van der Waals surface area contributed by atoms with Crippen molar-refractivity contribution in [2.45, 2.75) is 63.8 Å².